The van der Waals surface area contributed by atoms with Crippen LogP contribution >= 0.6 is 11.8 Å². The number of amides is 1. The minimum Gasteiger partial charge on any atom is -0.358 e. The number of benzene rings is 3. The summed E-state index contributed by atoms with van der Waals surface area (Å²) in [4.78, 5) is 18.7. The Labute approximate surface area is 201 Å². The molecule has 3 aromatic carbocycles. The lowest BCUT2D eigenvalue weighted by Crippen LogP contribution is -2.36. The molecule has 1 amide bonds. The molecule has 0 saturated heterocycles. The molecular weight excluding hydrogens is 442 g/mol. The summed E-state index contributed by atoms with van der Waals surface area (Å²) in [5.74, 6) is 1.20. The third-order valence-electron chi connectivity index (χ3n) is 6.24. The van der Waals surface area contributed by atoms with Gasteiger partial charge in [0, 0.05) is 52.9 Å². The highest BCUT2D eigenvalue weighted by atomic mass is 32.2. The molecule has 1 aliphatic heterocycles. The number of thioether (sulfide) groups is 1. The molecular formula is C27H23N5OS. The lowest BCUT2D eigenvalue weighted by molar-refractivity contribution is -0.129. The number of hydrogen-bond donors (Lipinski definition) is 1. The molecule has 2 aromatic heterocycles. The number of fused-ring (bicyclic) bond motifs is 3. The molecule has 1 N–H and O–H groups in total. The molecule has 0 saturated carbocycles. The lowest BCUT2D eigenvalue weighted by atomic mass is 10.0. The number of para-hydroxylation sites is 2. The number of nitrogens with one attached hydrogen (secondary N) is 1. The molecule has 168 valence electrons. The standard InChI is InChI=1S/C27H23N5OS/c33-25(31-16-15-24-22(17-31)21-13-7-8-14-23(21)28-24)18-34-27-30-29-26(19-9-3-1-4-10-19)32(27)20-11-5-2-6-12-20/h1-14,28H,15-18H2. The van der Waals surface area contributed by atoms with E-state index in [0.717, 1.165) is 35.6 Å². The number of carbonyl (C=O) groups is 1. The fourth-order valence-electron chi connectivity index (χ4n) is 4.54. The van der Waals surface area contributed by atoms with Gasteiger partial charge < -0.3 is 9.88 Å². The first-order valence-corrected chi connectivity index (χ1v) is 12.3. The van der Waals surface area contributed by atoms with Gasteiger partial charge in [0.2, 0.25) is 5.91 Å². The Morgan fingerprint density at radius 3 is 2.47 bits per heavy atom. The van der Waals surface area contributed by atoms with Gasteiger partial charge in [0.05, 0.1) is 5.75 Å². The van der Waals surface area contributed by atoms with Crippen molar-refractivity contribution in [3.8, 4) is 17.1 Å². The van der Waals surface area contributed by atoms with E-state index in [1.807, 2.05) is 82.3 Å². The van der Waals surface area contributed by atoms with Crippen LogP contribution in [0.25, 0.3) is 28.0 Å². The fraction of sp³-hybridized carbons (Fsp3) is 0.148. The maximum atomic E-state index is 13.2. The van der Waals surface area contributed by atoms with E-state index in [1.54, 1.807) is 0 Å². The van der Waals surface area contributed by atoms with Crippen molar-refractivity contribution < 1.29 is 4.79 Å². The van der Waals surface area contributed by atoms with Crippen LogP contribution < -0.4 is 0 Å². The summed E-state index contributed by atoms with van der Waals surface area (Å²) in [6.07, 6.45) is 0.846. The van der Waals surface area contributed by atoms with Gasteiger partial charge >= 0.3 is 0 Å². The molecule has 0 atom stereocenters. The van der Waals surface area contributed by atoms with Crippen molar-refractivity contribution in [3.63, 3.8) is 0 Å². The van der Waals surface area contributed by atoms with Crippen molar-refractivity contribution in [2.24, 2.45) is 0 Å². The van der Waals surface area contributed by atoms with E-state index < -0.39 is 0 Å². The van der Waals surface area contributed by atoms with Crippen molar-refractivity contribution in [2.75, 3.05) is 12.3 Å². The first kappa shape index (κ1) is 20.7. The van der Waals surface area contributed by atoms with Crippen molar-refractivity contribution in [1.82, 2.24) is 24.6 Å². The van der Waals surface area contributed by atoms with Gasteiger partial charge in [0.1, 0.15) is 0 Å². The van der Waals surface area contributed by atoms with Crippen molar-refractivity contribution in [2.45, 2.75) is 18.1 Å². The van der Waals surface area contributed by atoms with E-state index in [1.165, 1.54) is 28.4 Å². The summed E-state index contributed by atoms with van der Waals surface area (Å²) < 4.78 is 2.03. The summed E-state index contributed by atoms with van der Waals surface area (Å²) in [6.45, 7) is 1.36. The van der Waals surface area contributed by atoms with E-state index >= 15 is 0 Å². The van der Waals surface area contributed by atoms with Gasteiger partial charge in [-0.2, -0.15) is 0 Å². The van der Waals surface area contributed by atoms with E-state index in [0.29, 0.717) is 17.5 Å². The smallest absolute Gasteiger partial charge is 0.233 e. The van der Waals surface area contributed by atoms with E-state index in [-0.39, 0.29) is 5.91 Å². The number of hydrogen-bond acceptors (Lipinski definition) is 4. The largest absolute Gasteiger partial charge is 0.358 e. The van der Waals surface area contributed by atoms with Gasteiger partial charge in [-0.15, -0.1) is 10.2 Å². The van der Waals surface area contributed by atoms with Gasteiger partial charge in [-0.1, -0.05) is 78.5 Å². The number of carbonyl (C=O) groups excluding carboxylic acids is 1. The molecule has 0 spiro atoms. The Kier molecular flexibility index (Phi) is 5.39. The average Bonchev–Trinajstić information content (AvgIpc) is 3.49. The topological polar surface area (TPSA) is 66.8 Å². The van der Waals surface area contributed by atoms with E-state index in [4.69, 9.17) is 0 Å². The lowest BCUT2D eigenvalue weighted by Gasteiger charge is -2.27. The molecule has 6 nitrogen and oxygen atoms in total. The Morgan fingerprint density at radius 1 is 0.912 bits per heavy atom. The summed E-state index contributed by atoms with van der Waals surface area (Å²) >= 11 is 1.44. The van der Waals surface area contributed by atoms with Crippen LogP contribution in [-0.4, -0.2) is 42.9 Å². The summed E-state index contributed by atoms with van der Waals surface area (Å²) in [7, 11) is 0. The highest BCUT2D eigenvalue weighted by molar-refractivity contribution is 7.99. The Morgan fingerprint density at radius 2 is 1.65 bits per heavy atom. The molecule has 0 unspecified atom stereocenters. The average molecular weight is 466 g/mol. The second-order valence-corrected chi connectivity index (χ2v) is 9.27. The van der Waals surface area contributed by atoms with Crippen LogP contribution in [0.5, 0.6) is 0 Å². The van der Waals surface area contributed by atoms with Crippen LogP contribution in [0.15, 0.2) is 90.1 Å². The molecule has 5 aromatic rings. The Bertz CT molecular complexity index is 1460. The first-order valence-electron chi connectivity index (χ1n) is 11.3. The van der Waals surface area contributed by atoms with Crippen LogP contribution in [0.1, 0.15) is 11.3 Å². The summed E-state index contributed by atoms with van der Waals surface area (Å²) in [5.41, 5.74) is 5.58. The van der Waals surface area contributed by atoms with Crippen molar-refractivity contribution in [1.29, 1.82) is 0 Å². The number of aromatic amines is 1. The van der Waals surface area contributed by atoms with Gasteiger partial charge in [-0.25, -0.2) is 0 Å². The predicted molar refractivity (Wildman–Crippen MR) is 135 cm³/mol. The molecule has 6 rings (SSSR count). The Balaban J connectivity index is 1.24. The predicted octanol–water partition coefficient (Wildman–Crippen LogP) is 5.09. The monoisotopic (exact) mass is 465 g/mol. The molecule has 1 aliphatic rings. The third kappa shape index (κ3) is 3.78. The zero-order valence-corrected chi connectivity index (χ0v) is 19.3. The molecule has 0 aliphatic carbocycles. The maximum absolute atomic E-state index is 13.2. The minimum absolute atomic E-state index is 0.116. The zero-order valence-electron chi connectivity index (χ0n) is 18.5. The molecule has 34 heavy (non-hydrogen) atoms. The first-order chi connectivity index (χ1) is 16.8. The van der Waals surface area contributed by atoms with Gasteiger partial charge in [0.25, 0.3) is 0 Å². The second-order valence-electron chi connectivity index (χ2n) is 8.32. The quantitative estimate of drug-likeness (QED) is 0.367. The Hall–Kier alpha value is -3.84. The SMILES string of the molecule is O=C(CSc1nnc(-c2ccccc2)n1-c1ccccc1)N1CCc2[nH]c3ccccc3c2C1. The number of rotatable bonds is 5. The molecule has 7 heteroatoms. The molecule has 3 heterocycles. The highest BCUT2D eigenvalue weighted by Crippen LogP contribution is 2.30. The number of H-pyrrole nitrogens is 1. The van der Waals surface area contributed by atoms with Gasteiger partial charge in [0.15, 0.2) is 11.0 Å². The molecule has 0 radical (unpaired) electrons. The molecule has 0 fully saturated rings. The zero-order chi connectivity index (χ0) is 22.9. The minimum atomic E-state index is 0.116. The van der Waals surface area contributed by atoms with E-state index in [9.17, 15) is 4.79 Å². The number of nitrogens with zero attached hydrogens (tertiary/aromatic N) is 4. The molecule has 0 bridgehead atoms. The van der Waals surface area contributed by atoms with Crippen LogP contribution in [-0.2, 0) is 17.8 Å². The highest BCUT2D eigenvalue weighted by Gasteiger charge is 2.25. The van der Waals surface area contributed by atoms with Crippen molar-refractivity contribution in [3.05, 3.63) is 96.2 Å². The summed E-state index contributed by atoms with van der Waals surface area (Å²) in [5, 5.41) is 10.8. The summed E-state index contributed by atoms with van der Waals surface area (Å²) in [6, 6.07) is 28.4. The van der Waals surface area contributed by atoms with Gasteiger partial charge in [-0.05, 0) is 18.2 Å². The van der Waals surface area contributed by atoms with E-state index in [2.05, 4.69) is 27.3 Å². The third-order valence-corrected chi connectivity index (χ3v) is 7.15. The van der Waals surface area contributed by atoms with Crippen molar-refractivity contribution >= 4 is 28.6 Å². The maximum Gasteiger partial charge on any atom is 0.233 e. The van der Waals surface area contributed by atoms with Crippen LogP contribution in [0.3, 0.4) is 0 Å². The second kappa shape index (κ2) is 8.83. The van der Waals surface area contributed by atoms with Crippen LogP contribution in [0.2, 0.25) is 0 Å². The van der Waals surface area contributed by atoms with Crippen LogP contribution in [0, 0.1) is 0 Å². The van der Waals surface area contributed by atoms with Gasteiger partial charge in [-0.3, -0.25) is 9.36 Å². The fourth-order valence-corrected chi connectivity index (χ4v) is 5.40. The number of aromatic nitrogens is 4. The normalized spacial score (nSPS) is 13.2. The van der Waals surface area contributed by atoms with Crippen LogP contribution in [0.4, 0.5) is 0 Å².